The molecule has 2 heterocycles. The average Bonchev–Trinajstić information content (AvgIpc) is 4.02. The Hall–Kier alpha value is -8.76. The number of unbranched alkanes of at least 4 members (excludes halogenated alkanes) is 10. The number of aromatic amines is 2. The SMILES string of the molecule is CCCCCCCCc1ccc(-n2c(=O)[nH]n(-c3cc4ccc3-c3ccc(cc3)-c3ccc(cc3)-c3ccc(c(-n5[nH]c(=O)n(-c6ccc(CCCCCCCC)cc6)c5=O)c3)-c3ccc(cc3)-c3ccc-4cc3)c2=O)cc1. The molecule has 0 saturated heterocycles. The van der Waals surface area contributed by atoms with Crippen LogP contribution in [0, 0.1) is 0 Å². The Kier molecular flexibility index (Phi) is 15.3. The third kappa shape index (κ3) is 10.8. The summed E-state index contributed by atoms with van der Waals surface area (Å²) < 4.78 is 5.16. The van der Waals surface area contributed by atoms with Crippen LogP contribution in [-0.2, 0) is 12.8 Å². The van der Waals surface area contributed by atoms with E-state index in [0.717, 1.165) is 92.4 Å². The fourth-order valence-corrected chi connectivity index (χ4v) is 11.1. The van der Waals surface area contributed by atoms with Crippen LogP contribution < -0.4 is 22.8 Å². The van der Waals surface area contributed by atoms with E-state index in [-0.39, 0.29) is 0 Å². The van der Waals surface area contributed by atoms with Crippen molar-refractivity contribution in [1.82, 2.24) is 28.7 Å². The lowest BCUT2D eigenvalue weighted by molar-refractivity contribution is 0.607. The number of nitrogens with zero attached hydrogens (tertiary/aromatic N) is 4. The van der Waals surface area contributed by atoms with Crippen LogP contribution in [0.5, 0.6) is 0 Å². The first-order chi connectivity index (χ1) is 38.2. The van der Waals surface area contributed by atoms with E-state index in [1.807, 2.05) is 97.1 Å². The van der Waals surface area contributed by atoms with Crippen molar-refractivity contribution >= 4 is 0 Å². The average molecular weight is 1030 g/mol. The van der Waals surface area contributed by atoms with Gasteiger partial charge in [0.2, 0.25) is 0 Å². The zero-order chi connectivity index (χ0) is 53.5. The summed E-state index contributed by atoms with van der Waals surface area (Å²) in [5.41, 5.74) is 13.5. The first-order valence-corrected chi connectivity index (χ1v) is 28.0. The first kappa shape index (κ1) is 51.4. The van der Waals surface area contributed by atoms with Crippen molar-refractivity contribution in [2.24, 2.45) is 0 Å². The summed E-state index contributed by atoms with van der Waals surface area (Å²) in [4.78, 5) is 56.5. The smallest absolute Gasteiger partial charge is 0.246 e. The molecule has 392 valence electrons. The molecule has 12 bridgehead atoms. The van der Waals surface area contributed by atoms with E-state index in [1.165, 1.54) is 93.8 Å². The lowest BCUT2D eigenvalue weighted by Gasteiger charge is -2.15. The second kappa shape index (κ2) is 23.2. The number of aryl methyl sites for hydroxylation is 2. The van der Waals surface area contributed by atoms with E-state index in [9.17, 15) is 19.2 Å². The number of hydrogen-bond donors (Lipinski definition) is 2. The molecule has 16 aliphatic rings. The Bertz CT molecular complexity index is 3670. The zero-order valence-electron chi connectivity index (χ0n) is 44.6. The maximum atomic E-state index is 14.5. The minimum Gasteiger partial charge on any atom is -0.246 e. The fraction of sp³-hybridized carbons (Fsp3) is 0.235. The Morgan fingerprint density at radius 2 is 0.590 bits per heavy atom. The zero-order valence-corrected chi connectivity index (χ0v) is 44.6. The molecule has 0 radical (unpaired) electrons. The Labute approximate surface area is 454 Å². The number of nitrogens with one attached hydrogen (secondary N) is 2. The van der Waals surface area contributed by atoms with E-state index < -0.39 is 22.8 Å². The Morgan fingerprint density at radius 1 is 0.308 bits per heavy atom. The van der Waals surface area contributed by atoms with Gasteiger partial charge in [-0.2, -0.15) is 9.36 Å². The monoisotopic (exact) mass is 1030 g/mol. The van der Waals surface area contributed by atoms with Gasteiger partial charge in [0.05, 0.1) is 22.7 Å². The molecule has 78 heavy (non-hydrogen) atoms. The third-order valence-electron chi connectivity index (χ3n) is 15.6. The minimum absolute atomic E-state index is 0.481. The molecule has 0 aliphatic heterocycles. The molecule has 10 heteroatoms. The van der Waals surface area contributed by atoms with Gasteiger partial charge in [0.15, 0.2) is 0 Å². The van der Waals surface area contributed by atoms with Crippen molar-refractivity contribution in [1.29, 1.82) is 0 Å². The highest BCUT2D eigenvalue weighted by molar-refractivity contribution is 5.83. The summed E-state index contributed by atoms with van der Waals surface area (Å²) >= 11 is 0. The van der Waals surface area contributed by atoms with Gasteiger partial charge in [0, 0.05) is 11.1 Å². The summed E-state index contributed by atoms with van der Waals surface area (Å²) in [6, 6.07) is 60.7. The van der Waals surface area contributed by atoms with Crippen LogP contribution in [0.4, 0.5) is 0 Å². The number of rotatable bonds is 18. The summed E-state index contributed by atoms with van der Waals surface area (Å²) in [7, 11) is 0. The van der Waals surface area contributed by atoms with Crippen molar-refractivity contribution in [3.63, 3.8) is 0 Å². The molecule has 2 N–H and O–H groups in total. The molecule has 0 unspecified atom stereocenters. The van der Waals surface area contributed by atoms with Crippen molar-refractivity contribution < 1.29 is 0 Å². The molecule has 0 atom stereocenters. The second-order valence-electron chi connectivity index (χ2n) is 20.9. The molecule has 10 aromatic rings. The molecule has 0 amide bonds. The topological polar surface area (TPSA) is 120 Å². The maximum absolute atomic E-state index is 14.5. The molecular formula is C68H66N6O4. The van der Waals surface area contributed by atoms with Crippen LogP contribution in [0.15, 0.2) is 201 Å². The molecule has 10 nitrogen and oxygen atoms in total. The quantitative estimate of drug-likeness (QED) is 0.0832. The summed E-state index contributed by atoms with van der Waals surface area (Å²) in [6.45, 7) is 4.46. The number of H-pyrrole nitrogens is 2. The van der Waals surface area contributed by atoms with Crippen molar-refractivity contribution in [3.8, 4) is 89.5 Å². The fourth-order valence-electron chi connectivity index (χ4n) is 11.1. The molecule has 2 aromatic heterocycles. The van der Waals surface area contributed by atoms with Gasteiger partial charge in [-0.1, -0.05) is 224 Å². The lowest BCUT2D eigenvalue weighted by atomic mass is 9.93. The summed E-state index contributed by atoms with van der Waals surface area (Å²) in [6.07, 6.45) is 16.6. The molecule has 8 aromatic carbocycles. The first-order valence-electron chi connectivity index (χ1n) is 28.0. The lowest BCUT2D eigenvalue weighted by Crippen LogP contribution is -2.27. The van der Waals surface area contributed by atoms with Crippen LogP contribution in [-0.4, -0.2) is 28.7 Å². The van der Waals surface area contributed by atoms with Gasteiger partial charge in [-0.15, -0.1) is 0 Å². The summed E-state index contributed by atoms with van der Waals surface area (Å²) in [5, 5.41) is 5.79. The minimum atomic E-state index is -0.515. The van der Waals surface area contributed by atoms with Crippen LogP contribution in [0.2, 0.25) is 0 Å². The van der Waals surface area contributed by atoms with Crippen LogP contribution in [0.3, 0.4) is 0 Å². The second-order valence-corrected chi connectivity index (χ2v) is 20.9. The predicted octanol–water partition coefficient (Wildman–Crippen LogP) is 15.1. The van der Waals surface area contributed by atoms with Gasteiger partial charge in [-0.05, 0) is 129 Å². The summed E-state index contributed by atoms with van der Waals surface area (Å²) in [5.74, 6) is 0. The van der Waals surface area contributed by atoms with E-state index in [0.29, 0.717) is 22.7 Å². The third-order valence-corrected chi connectivity index (χ3v) is 15.6. The molecule has 0 spiro atoms. The highest BCUT2D eigenvalue weighted by atomic mass is 16.2. The highest BCUT2D eigenvalue weighted by Crippen LogP contribution is 2.36. The van der Waals surface area contributed by atoms with Crippen LogP contribution >= 0.6 is 0 Å². The van der Waals surface area contributed by atoms with Crippen molar-refractivity contribution in [2.75, 3.05) is 0 Å². The molecule has 16 aliphatic carbocycles. The van der Waals surface area contributed by atoms with Gasteiger partial charge in [0.1, 0.15) is 0 Å². The van der Waals surface area contributed by atoms with Crippen LogP contribution in [0.1, 0.15) is 102 Å². The molecular weight excluding hydrogens is 965 g/mol. The van der Waals surface area contributed by atoms with Gasteiger partial charge in [0.25, 0.3) is 0 Å². The Morgan fingerprint density at radius 3 is 0.923 bits per heavy atom. The van der Waals surface area contributed by atoms with Gasteiger partial charge in [-0.25, -0.2) is 38.5 Å². The van der Waals surface area contributed by atoms with E-state index >= 15 is 0 Å². The largest absolute Gasteiger partial charge is 0.356 e. The highest BCUT2D eigenvalue weighted by Gasteiger charge is 2.20. The normalized spacial score (nSPS) is 11.6. The van der Waals surface area contributed by atoms with Gasteiger partial charge < -0.3 is 0 Å². The molecule has 26 rings (SSSR count). The predicted molar refractivity (Wildman–Crippen MR) is 318 cm³/mol. The van der Waals surface area contributed by atoms with Crippen molar-refractivity contribution in [3.05, 3.63) is 235 Å². The van der Waals surface area contributed by atoms with Gasteiger partial charge >= 0.3 is 22.8 Å². The van der Waals surface area contributed by atoms with E-state index in [4.69, 9.17) is 0 Å². The van der Waals surface area contributed by atoms with Crippen molar-refractivity contribution in [2.45, 2.75) is 104 Å². The van der Waals surface area contributed by atoms with E-state index in [2.05, 4.69) is 109 Å². The number of aromatic nitrogens is 6. The number of benzene rings is 8. The van der Waals surface area contributed by atoms with E-state index in [1.54, 1.807) is 0 Å². The molecule has 0 saturated carbocycles. The number of hydrogen-bond acceptors (Lipinski definition) is 4. The van der Waals surface area contributed by atoms with Gasteiger partial charge in [-0.3, -0.25) is 0 Å². The Balaban J connectivity index is 0.937. The standard InChI is InChI=1S/C68H66N6O4/c1-3-5-7-9-11-13-15-47-17-39-59(40-18-47)71-65(75)69-73(67(71)77)63-45-57-37-43-61(63)55-33-29-51(30-34-55)50-23-27-54(28-24-50)58-38-44-62(56-35-31-52(32-36-56)49-21-25-53(57)26-22-49)64(46-58)74-68(78)72(66(76)70-74)60-41-19-48(20-42-60)16-14-12-10-8-6-4-2/h17-46H,3-16H2,1-2H3,(H,69,75)(H,70,76). The molecule has 0 fully saturated rings. The maximum Gasteiger partial charge on any atom is 0.356 e. The van der Waals surface area contributed by atoms with Crippen LogP contribution in [0.25, 0.3) is 89.5 Å².